The zero-order valence-electron chi connectivity index (χ0n) is 18.4. The Hall–Kier alpha value is -3.52. The number of hydrogen-bond donors (Lipinski definition) is 2. The molecular weight excluding hydrogens is 410 g/mol. The molecule has 2 N–H and O–H groups in total. The van der Waals surface area contributed by atoms with Gasteiger partial charge in [0.1, 0.15) is 17.1 Å². The molecule has 0 spiro atoms. The number of phenols is 1. The Morgan fingerprint density at radius 2 is 1.84 bits per heavy atom. The van der Waals surface area contributed by atoms with Crippen LogP contribution in [0, 0.1) is 0 Å². The number of benzene rings is 2. The predicted molar refractivity (Wildman–Crippen MR) is 119 cm³/mol. The van der Waals surface area contributed by atoms with Gasteiger partial charge in [-0.2, -0.15) is 5.10 Å². The number of fused-ring (bicyclic) bond motifs is 1. The van der Waals surface area contributed by atoms with E-state index in [9.17, 15) is 9.90 Å². The van der Waals surface area contributed by atoms with Gasteiger partial charge in [0.15, 0.2) is 11.5 Å². The number of aromatic nitrogens is 2. The molecule has 0 saturated carbocycles. The van der Waals surface area contributed by atoms with E-state index in [4.69, 9.17) is 14.2 Å². The van der Waals surface area contributed by atoms with E-state index in [-0.39, 0.29) is 11.7 Å². The quantitative estimate of drug-likeness (QED) is 0.529. The van der Waals surface area contributed by atoms with Crippen LogP contribution in [0.2, 0.25) is 0 Å². The van der Waals surface area contributed by atoms with Gasteiger partial charge < -0.3 is 24.2 Å². The van der Waals surface area contributed by atoms with Gasteiger partial charge in [0.25, 0.3) is 5.91 Å². The lowest BCUT2D eigenvalue weighted by molar-refractivity contribution is 0.0677. The zero-order valence-corrected chi connectivity index (χ0v) is 18.4. The number of amides is 1. The van der Waals surface area contributed by atoms with E-state index in [1.807, 2.05) is 38.1 Å². The Kier molecular flexibility index (Phi) is 6.32. The maximum Gasteiger partial charge on any atom is 0.273 e. The summed E-state index contributed by atoms with van der Waals surface area (Å²) in [6, 6.07) is 12.3. The molecule has 0 unspecified atom stereocenters. The van der Waals surface area contributed by atoms with Gasteiger partial charge in [0, 0.05) is 24.8 Å². The number of carbonyl (C=O) groups is 1. The molecule has 1 aliphatic rings. The molecule has 0 aliphatic carbocycles. The Morgan fingerprint density at radius 1 is 1.09 bits per heavy atom. The topological polar surface area (TPSA) is 96.9 Å². The number of hydrogen-bond acceptors (Lipinski definition) is 6. The number of aromatic amines is 1. The average Bonchev–Trinajstić information content (AvgIpc) is 3.33. The summed E-state index contributed by atoms with van der Waals surface area (Å²) in [5.74, 6) is 1.21. The van der Waals surface area contributed by atoms with Crippen molar-refractivity contribution in [2.24, 2.45) is 0 Å². The van der Waals surface area contributed by atoms with Crippen molar-refractivity contribution in [3.8, 4) is 28.5 Å². The van der Waals surface area contributed by atoms with Crippen molar-refractivity contribution >= 4 is 5.91 Å². The number of nitrogens with one attached hydrogen (secondary N) is 1. The first-order valence-corrected chi connectivity index (χ1v) is 10.7. The third-order valence-electron chi connectivity index (χ3n) is 5.44. The van der Waals surface area contributed by atoms with Crippen LogP contribution in [0.1, 0.15) is 41.5 Å². The number of methoxy groups -OCH3 is 1. The van der Waals surface area contributed by atoms with Gasteiger partial charge in [0.2, 0.25) is 0 Å². The lowest BCUT2D eigenvalue weighted by Gasteiger charge is -2.27. The van der Waals surface area contributed by atoms with Crippen LogP contribution in [0.25, 0.3) is 11.3 Å². The summed E-state index contributed by atoms with van der Waals surface area (Å²) >= 11 is 0. The second kappa shape index (κ2) is 9.32. The number of ether oxygens (including phenoxy) is 3. The molecule has 8 heteroatoms. The van der Waals surface area contributed by atoms with Gasteiger partial charge in [-0.3, -0.25) is 9.89 Å². The summed E-state index contributed by atoms with van der Waals surface area (Å²) in [7, 11) is 1.61. The van der Waals surface area contributed by atoms with Gasteiger partial charge in [-0.15, -0.1) is 0 Å². The highest BCUT2D eigenvalue weighted by Gasteiger charge is 2.42. The van der Waals surface area contributed by atoms with Gasteiger partial charge in [-0.1, -0.05) is 18.2 Å². The van der Waals surface area contributed by atoms with Crippen LogP contribution < -0.4 is 9.47 Å². The maximum absolute atomic E-state index is 13.3. The molecule has 3 aromatic rings. The van der Waals surface area contributed by atoms with Gasteiger partial charge in [0.05, 0.1) is 25.9 Å². The highest BCUT2D eigenvalue weighted by molar-refractivity contribution is 6.00. The van der Waals surface area contributed by atoms with E-state index < -0.39 is 6.04 Å². The first kappa shape index (κ1) is 21.7. The highest BCUT2D eigenvalue weighted by Crippen LogP contribution is 2.45. The van der Waals surface area contributed by atoms with Crippen LogP contribution >= 0.6 is 0 Å². The number of nitrogens with zero attached hydrogens (tertiary/aromatic N) is 2. The summed E-state index contributed by atoms with van der Waals surface area (Å²) in [5.41, 5.74) is 3.10. The predicted octanol–water partition coefficient (Wildman–Crippen LogP) is 3.77. The molecule has 32 heavy (non-hydrogen) atoms. The smallest absolute Gasteiger partial charge is 0.273 e. The normalized spacial score (nSPS) is 15.2. The largest absolute Gasteiger partial charge is 0.507 e. The molecule has 8 nitrogen and oxygen atoms in total. The molecule has 4 rings (SSSR count). The minimum absolute atomic E-state index is 0.102. The van der Waals surface area contributed by atoms with Gasteiger partial charge in [-0.05, 0) is 43.7 Å². The van der Waals surface area contributed by atoms with Crippen LogP contribution in [-0.4, -0.2) is 59.6 Å². The van der Waals surface area contributed by atoms with E-state index >= 15 is 0 Å². The number of H-pyrrole nitrogens is 1. The fourth-order valence-electron chi connectivity index (χ4n) is 4.08. The summed E-state index contributed by atoms with van der Waals surface area (Å²) in [4.78, 5) is 15.0. The number of aromatic hydroxyl groups is 1. The molecule has 168 valence electrons. The molecule has 1 aliphatic heterocycles. The van der Waals surface area contributed by atoms with Crippen LogP contribution in [-0.2, 0) is 4.74 Å². The van der Waals surface area contributed by atoms with E-state index in [0.29, 0.717) is 54.8 Å². The molecule has 0 radical (unpaired) electrons. The molecule has 0 bridgehead atoms. The van der Waals surface area contributed by atoms with E-state index in [1.54, 1.807) is 30.2 Å². The Morgan fingerprint density at radius 3 is 2.56 bits per heavy atom. The third kappa shape index (κ3) is 3.78. The first-order chi connectivity index (χ1) is 15.6. The molecule has 1 atom stereocenters. The van der Waals surface area contributed by atoms with Crippen LogP contribution in [0.3, 0.4) is 0 Å². The van der Waals surface area contributed by atoms with Crippen molar-refractivity contribution in [1.82, 2.24) is 15.1 Å². The van der Waals surface area contributed by atoms with Crippen molar-refractivity contribution in [3.05, 3.63) is 59.3 Å². The van der Waals surface area contributed by atoms with Crippen molar-refractivity contribution in [2.45, 2.75) is 19.9 Å². The summed E-state index contributed by atoms with van der Waals surface area (Å²) in [6.07, 6.45) is 0. The molecule has 2 aromatic carbocycles. The number of rotatable bonds is 9. The molecular formula is C24H27N3O5. The van der Waals surface area contributed by atoms with E-state index in [2.05, 4.69) is 10.2 Å². The maximum atomic E-state index is 13.3. The zero-order chi connectivity index (χ0) is 22.7. The Balaban J connectivity index is 1.86. The summed E-state index contributed by atoms with van der Waals surface area (Å²) in [6.45, 7) is 5.63. The van der Waals surface area contributed by atoms with Crippen LogP contribution in [0.5, 0.6) is 17.2 Å². The van der Waals surface area contributed by atoms with Crippen molar-refractivity contribution in [3.63, 3.8) is 0 Å². The van der Waals surface area contributed by atoms with Gasteiger partial charge in [-0.25, -0.2) is 0 Å². The lowest BCUT2D eigenvalue weighted by Crippen LogP contribution is -2.32. The van der Waals surface area contributed by atoms with E-state index in [0.717, 1.165) is 11.1 Å². The van der Waals surface area contributed by atoms with Crippen LogP contribution in [0.4, 0.5) is 0 Å². The van der Waals surface area contributed by atoms with Crippen molar-refractivity contribution in [2.75, 3.05) is 33.5 Å². The van der Waals surface area contributed by atoms with Crippen LogP contribution in [0.15, 0.2) is 42.5 Å². The monoisotopic (exact) mass is 437 g/mol. The third-order valence-corrected chi connectivity index (χ3v) is 5.44. The summed E-state index contributed by atoms with van der Waals surface area (Å²) < 4.78 is 16.8. The van der Waals surface area contributed by atoms with Crippen molar-refractivity contribution in [1.29, 1.82) is 0 Å². The second-order valence-corrected chi connectivity index (χ2v) is 7.34. The number of carbonyl (C=O) groups excluding carboxylic acids is 1. The molecule has 1 aromatic heterocycles. The van der Waals surface area contributed by atoms with Gasteiger partial charge >= 0.3 is 0 Å². The van der Waals surface area contributed by atoms with E-state index in [1.165, 1.54) is 0 Å². The Bertz CT molecular complexity index is 1110. The van der Waals surface area contributed by atoms with Crippen molar-refractivity contribution < 1.29 is 24.1 Å². The standard InChI is InChI=1S/C24H27N3O5/c1-4-31-18-11-10-15(14-19(18)32-5-2)23-20-21(16-8-6-7-9-17(16)28)25-26-22(20)24(29)27(23)12-13-30-3/h6-11,14,23,28H,4-5,12-13H2,1-3H3,(H,25,26)/t23-/m1/s1. The molecule has 0 saturated heterocycles. The fraction of sp³-hybridized carbons (Fsp3) is 0.333. The highest BCUT2D eigenvalue weighted by atomic mass is 16.5. The molecule has 2 heterocycles. The molecule has 0 fully saturated rings. The average molecular weight is 437 g/mol. The molecule has 1 amide bonds. The minimum Gasteiger partial charge on any atom is -0.507 e. The lowest BCUT2D eigenvalue weighted by atomic mass is 9.95. The Labute approximate surface area is 186 Å². The first-order valence-electron chi connectivity index (χ1n) is 10.7. The second-order valence-electron chi connectivity index (χ2n) is 7.34. The number of phenolic OH excluding ortho intramolecular Hbond substituents is 1. The number of para-hydroxylation sites is 1. The SMILES string of the molecule is CCOc1ccc([C@@H]2c3c(-c4ccccc4O)n[nH]c3C(=O)N2CCOC)cc1OCC. The fourth-order valence-corrected chi connectivity index (χ4v) is 4.08. The minimum atomic E-state index is -0.420. The summed E-state index contributed by atoms with van der Waals surface area (Å²) in [5, 5.41) is 17.7.